The Balaban J connectivity index is 2.59. The Labute approximate surface area is 93.1 Å². The van der Waals surface area contributed by atoms with Crippen molar-refractivity contribution in [2.75, 3.05) is 5.43 Å². The maximum Gasteiger partial charge on any atom is 0.223 e. The molecule has 1 aromatic rings. The lowest BCUT2D eigenvalue weighted by Gasteiger charge is -2.02. The molecule has 0 radical (unpaired) electrons. The number of hydrogen-bond donors (Lipinski definition) is 2. The van der Waals surface area contributed by atoms with E-state index in [0.29, 0.717) is 10.7 Å². The number of carbonyl (C=O) groups excluding carboxylic acids is 1. The highest BCUT2D eigenvalue weighted by atomic mass is 35.5. The van der Waals surface area contributed by atoms with Gasteiger partial charge in [0.15, 0.2) is 0 Å². The van der Waals surface area contributed by atoms with Gasteiger partial charge in [-0.15, -0.1) is 0 Å². The fourth-order valence-electron chi connectivity index (χ4n) is 1.01. The van der Waals surface area contributed by atoms with E-state index in [4.69, 9.17) is 17.3 Å². The van der Waals surface area contributed by atoms with Gasteiger partial charge in [0.2, 0.25) is 5.91 Å². The minimum atomic E-state index is -0.399. The molecule has 1 amide bonds. The third-order valence-corrected chi connectivity index (χ3v) is 1.87. The summed E-state index contributed by atoms with van der Waals surface area (Å²) in [6, 6.07) is 7.14. The van der Waals surface area contributed by atoms with E-state index in [2.05, 4.69) is 10.5 Å². The number of nitrogens with one attached hydrogen (secondary N) is 1. The van der Waals surface area contributed by atoms with Gasteiger partial charge >= 0.3 is 0 Å². The van der Waals surface area contributed by atoms with Crippen LogP contribution >= 0.6 is 11.6 Å². The maximum absolute atomic E-state index is 10.6. The summed E-state index contributed by atoms with van der Waals surface area (Å²) >= 11 is 5.78. The third kappa shape index (κ3) is 4.46. The Morgan fingerprint density at radius 1 is 1.60 bits per heavy atom. The molecule has 0 aliphatic rings. The van der Waals surface area contributed by atoms with Crippen LogP contribution in [-0.4, -0.2) is 11.6 Å². The standard InChI is InChI=1S/C10H12ClN3O/c1-7(5-10(12)15)13-14-9-4-2-3-8(11)6-9/h2-4,6,14H,5H2,1H3,(H2,12,15)/b13-7+. The number of rotatable bonds is 4. The molecule has 0 spiro atoms. The fraction of sp³-hybridized carbons (Fsp3) is 0.200. The first-order valence-corrected chi connectivity index (χ1v) is 4.79. The van der Waals surface area contributed by atoms with Crippen molar-refractivity contribution in [2.24, 2.45) is 10.8 Å². The van der Waals surface area contributed by atoms with Crippen LogP contribution < -0.4 is 11.2 Å². The van der Waals surface area contributed by atoms with E-state index in [-0.39, 0.29) is 6.42 Å². The van der Waals surface area contributed by atoms with Crippen molar-refractivity contribution in [2.45, 2.75) is 13.3 Å². The van der Waals surface area contributed by atoms with Crippen LogP contribution in [0.5, 0.6) is 0 Å². The summed E-state index contributed by atoms with van der Waals surface area (Å²) in [4.78, 5) is 10.6. The Morgan fingerprint density at radius 2 is 2.33 bits per heavy atom. The molecule has 0 aromatic heterocycles. The van der Waals surface area contributed by atoms with Crippen molar-refractivity contribution in [3.63, 3.8) is 0 Å². The lowest BCUT2D eigenvalue weighted by molar-refractivity contribution is -0.116. The van der Waals surface area contributed by atoms with E-state index in [1.54, 1.807) is 19.1 Å². The molecule has 0 saturated heterocycles. The zero-order valence-electron chi connectivity index (χ0n) is 8.33. The summed E-state index contributed by atoms with van der Waals surface area (Å²) in [5.41, 5.74) is 9.20. The van der Waals surface area contributed by atoms with Crippen LogP contribution in [0.3, 0.4) is 0 Å². The van der Waals surface area contributed by atoms with E-state index < -0.39 is 5.91 Å². The minimum absolute atomic E-state index is 0.146. The molecule has 0 unspecified atom stereocenters. The number of primary amides is 1. The van der Waals surface area contributed by atoms with E-state index in [9.17, 15) is 4.79 Å². The Kier molecular flexibility index (Phi) is 4.12. The zero-order valence-corrected chi connectivity index (χ0v) is 9.08. The number of carbonyl (C=O) groups is 1. The lowest BCUT2D eigenvalue weighted by Crippen LogP contribution is -2.15. The van der Waals surface area contributed by atoms with E-state index in [1.807, 2.05) is 12.1 Å². The number of amides is 1. The summed E-state index contributed by atoms with van der Waals surface area (Å²) in [6.07, 6.45) is 0.146. The van der Waals surface area contributed by atoms with Crippen LogP contribution in [0.2, 0.25) is 5.02 Å². The molecule has 5 heteroatoms. The summed E-state index contributed by atoms with van der Waals surface area (Å²) in [5.74, 6) is -0.399. The first kappa shape index (κ1) is 11.5. The van der Waals surface area contributed by atoms with Crippen LogP contribution in [0.4, 0.5) is 5.69 Å². The summed E-state index contributed by atoms with van der Waals surface area (Å²) in [7, 11) is 0. The summed E-state index contributed by atoms with van der Waals surface area (Å²) in [6.45, 7) is 1.72. The molecular formula is C10H12ClN3O. The van der Waals surface area contributed by atoms with E-state index in [1.165, 1.54) is 0 Å². The molecule has 3 N–H and O–H groups in total. The third-order valence-electron chi connectivity index (χ3n) is 1.63. The molecule has 1 rings (SSSR count). The van der Waals surface area contributed by atoms with Crippen molar-refractivity contribution in [3.05, 3.63) is 29.3 Å². The molecule has 0 aliphatic heterocycles. The van der Waals surface area contributed by atoms with Crippen molar-refractivity contribution < 1.29 is 4.79 Å². The van der Waals surface area contributed by atoms with Crippen LogP contribution in [0.1, 0.15) is 13.3 Å². The van der Waals surface area contributed by atoms with Crippen LogP contribution in [0.15, 0.2) is 29.4 Å². The monoisotopic (exact) mass is 225 g/mol. The van der Waals surface area contributed by atoms with Gasteiger partial charge in [-0.2, -0.15) is 5.10 Å². The quantitative estimate of drug-likeness (QED) is 0.608. The number of hydrazone groups is 1. The summed E-state index contributed by atoms with van der Waals surface area (Å²) < 4.78 is 0. The number of hydrogen-bond acceptors (Lipinski definition) is 3. The highest BCUT2D eigenvalue weighted by Gasteiger charge is 1.97. The predicted octanol–water partition coefficient (Wildman–Crippen LogP) is 2.00. The zero-order chi connectivity index (χ0) is 11.3. The molecule has 0 fully saturated rings. The number of anilines is 1. The minimum Gasteiger partial charge on any atom is -0.369 e. The van der Waals surface area contributed by atoms with Crippen LogP contribution in [0, 0.1) is 0 Å². The topological polar surface area (TPSA) is 67.5 Å². The van der Waals surface area contributed by atoms with Gasteiger partial charge in [0.05, 0.1) is 12.1 Å². The molecule has 15 heavy (non-hydrogen) atoms. The van der Waals surface area contributed by atoms with E-state index >= 15 is 0 Å². The first-order valence-electron chi connectivity index (χ1n) is 4.41. The second-order valence-corrected chi connectivity index (χ2v) is 3.55. The smallest absolute Gasteiger partial charge is 0.223 e. The van der Waals surface area contributed by atoms with Gasteiger partial charge in [-0.25, -0.2) is 0 Å². The average Bonchev–Trinajstić information content (AvgIpc) is 2.14. The van der Waals surface area contributed by atoms with Gasteiger partial charge in [0.1, 0.15) is 0 Å². The van der Waals surface area contributed by atoms with Gasteiger partial charge in [-0.3, -0.25) is 10.2 Å². The van der Waals surface area contributed by atoms with Gasteiger partial charge in [0.25, 0.3) is 0 Å². The van der Waals surface area contributed by atoms with E-state index in [0.717, 1.165) is 5.69 Å². The van der Waals surface area contributed by atoms with Gasteiger partial charge in [0, 0.05) is 10.7 Å². The first-order chi connectivity index (χ1) is 7.08. The maximum atomic E-state index is 10.6. The second kappa shape index (κ2) is 5.36. The number of benzene rings is 1. The highest BCUT2D eigenvalue weighted by Crippen LogP contribution is 2.14. The predicted molar refractivity (Wildman–Crippen MR) is 62.0 cm³/mol. The lowest BCUT2D eigenvalue weighted by atomic mass is 10.3. The Bertz CT molecular complexity index is 390. The molecule has 0 bridgehead atoms. The highest BCUT2D eigenvalue weighted by molar-refractivity contribution is 6.30. The Hall–Kier alpha value is -1.55. The molecule has 1 aromatic carbocycles. The molecule has 4 nitrogen and oxygen atoms in total. The Morgan fingerprint density at radius 3 is 2.93 bits per heavy atom. The molecule has 0 heterocycles. The van der Waals surface area contributed by atoms with Gasteiger partial charge in [-0.1, -0.05) is 17.7 Å². The van der Waals surface area contributed by atoms with Crippen LogP contribution in [-0.2, 0) is 4.79 Å². The number of nitrogens with two attached hydrogens (primary N) is 1. The van der Waals surface area contributed by atoms with Crippen molar-refractivity contribution in [1.29, 1.82) is 0 Å². The average molecular weight is 226 g/mol. The SMILES string of the molecule is C/C(CC(N)=O)=N\Nc1cccc(Cl)c1. The van der Waals surface area contributed by atoms with Crippen molar-refractivity contribution in [3.8, 4) is 0 Å². The molecule has 0 atom stereocenters. The fourth-order valence-corrected chi connectivity index (χ4v) is 1.20. The van der Waals surface area contributed by atoms with Crippen molar-refractivity contribution in [1.82, 2.24) is 0 Å². The van der Waals surface area contributed by atoms with Crippen molar-refractivity contribution >= 4 is 28.9 Å². The van der Waals surface area contributed by atoms with Gasteiger partial charge in [-0.05, 0) is 25.1 Å². The molecule has 0 saturated carbocycles. The molecule has 80 valence electrons. The summed E-state index contributed by atoms with van der Waals surface area (Å²) in [5, 5.41) is 4.61. The van der Waals surface area contributed by atoms with Crippen LogP contribution in [0.25, 0.3) is 0 Å². The normalized spacial score (nSPS) is 11.2. The second-order valence-electron chi connectivity index (χ2n) is 3.11. The number of nitrogens with zero attached hydrogens (tertiary/aromatic N) is 1. The molecule has 0 aliphatic carbocycles. The molecular weight excluding hydrogens is 214 g/mol. The number of halogens is 1. The largest absolute Gasteiger partial charge is 0.369 e. The van der Waals surface area contributed by atoms with Gasteiger partial charge < -0.3 is 5.73 Å².